The van der Waals surface area contributed by atoms with E-state index >= 15 is 0 Å². The zero-order chi connectivity index (χ0) is 8.10. The molecule has 0 aliphatic carbocycles. The van der Waals surface area contributed by atoms with Gasteiger partial charge in [0.25, 0.3) is 0 Å². The van der Waals surface area contributed by atoms with E-state index in [4.69, 9.17) is 6.42 Å². The van der Waals surface area contributed by atoms with Crippen molar-refractivity contribution in [3.8, 4) is 12.3 Å². The van der Waals surface area contributed by atoms with Gasteiger partial charge in [0.05, 0.1) is 0 Å². The number of nitrogens with one attached hydrogen (secondary N) is 1. The molecule has 1 rings (SSSR count). The highest BCUT2D eigenvalue weighted by Crippen LogP contribution is 2.01. The second-order valence-electron chi connectivity index (χ2n) is 2.37. The zero-order valence-electron chi connectivity index (χ0n) is 6.59. The Balaban J connectivity index is 2.76. The summed E-state index contributed by atoms with van der Waals surface area (Å²) in [5, 5.41) is 3.07. The summed E-state index contributed by atoms with van der Waals surface area (Å²) in [5.74, 6) is 2.58. The fraction of sp³-hybridized carbons (Fsp3) is 0.200. The molecule has 0 spiro atoms. The van der Waals surface area contributed by atoms with Crippen molar-refractivity contribution in [2.24, 2.45) is 0 Å². The van der Waals surface area contributed by atoms with Gasteiger partial charge in [-0.05, 0) is 24.7 Å². The Morgan fingerprint density at radius 3 is 2.45 bits per heavy atom. The Morgan fingerprint density at radius 2 is 2.00 bits per heavy atom. The maximum atomic E-state index is 5.21. The quantitative estimate of drug-likeness (QED) is 0.620. The van der Waals surface area contributed by atoms with Crippen LogP contribution in [0.25, 0.3) is 0 Å². The average molecular weight is 145 g/mol. The van der Waals surface area contributed by atoms with Crippen molar-refractivity contribution in [3.05, 3.63) is 35.4 Å². The van der Waals surface area contributed by atoms with Crippen molar-refractivity contribution < 1.29 is 0 Å². The van der Waals surface area contributed by atoms with Crippen molar-refractivity contribution in [2.75, 3.05) is 7.05 Å². The first-order valence-electron chi connectivity index (χ1n) is 3.57. The minimum Gasteiger partial charge on any atom is -0.316 e. The molecule has 0 amide bonds. The Bertz CT molecular complexity index is 253. The molecule has 0 aliphatic heterocycles. The lowest BCUT2D eigenvalue weighted by atomic mass is 10.1. The average Bonchev–Trinajstić information content (AvgIpc) is 2.07. The van der Waals surface area contributed by atoms with E-state index in [9.17, 15) is 0 Å². The van der Waals surface area contributed by atoms with Crippen LogP contribution in [0, 0.1) is 12.3 Å². The van der Waals surface area contributed by atoms with E-state index in [2.05, 4.69) is 11.2 Å². The summed E-state index contributed by atoms with van der Waals surface area (Å²) in [5.41, 5.74) is 2.19. The summed E-state index contributed by atoms with van der Waals surface area (Å²) < 4.78 is 0. The van der Waals surface area contributed by atoms with Gasteiger partial charge in [0.2, 0.25) is 0 Å². The lowest BCUT2D eigenvalue weighted by Crippen LogP contribution is -2.04. The van der Waals surface area contributed by atoms with Crippen LogP contribution in [0.4, 0.5) is 0 Å². The Hall–Kier alpha value is -1.26. The Morgan fingerprint density at radius 1 is 1.36 bits per heavy atom. The standard InChI is InChI=1S/C10H11N/c1-3-9-4-6-10(7-5-9)8-11-2/h1,4-7,11H,8H2,2H3. The molecule has 1 aromatic rings. The van der Waals surface area contributed by atoms with Crippen molar-refractivity contribution in [1.82, 2.24) is 5.32 Å². The van der Waals surface area contributed by atoms with Gasteiger partial charge in [0, 0.05) is 12.1 Å². The number of benzene rings is 1. The molecule has 11 heavy (non-hydrogen) atoms. The minimum absolute atomic E-state index is 0.894. The Kier molecular flexibility index (Phi) is 2.71. The zero-order valence-corrected chi connectivity index (χ0v) is 6.59. The second kappa shape index (κ2) is 3.80. The highest BCUT2D eigenvalue weighted by molar-refractivity contribution is 5.34. The van der Waals surface area contributed by atoms with Crippen molar-refractivity contribution >= 4 is 0 Å². The molecule has 0 fully saturated rings. The molecular formula is C10H11N. The van der Waals surface area contributed by atoms with Crippen LogP contribution in [0.1, 0.15) is 11.1 Å². The molecule has 1 N–H and O–H groups in total. The first kappa shape index (κ1) is 7.84. The fourth-order valence-corrected chi connectivity index (χ4v) is 0.923. The largest absolute Gasteiger partial charge is 0.316 e. The first-order chi connectivity index (χ1) is 5.36. The molecule has 0 atom stereocenters. The van der Waals surface area contributed by atoms with E-state index in [1.807, 2.05) is 31.3 Å². The van der Waals surface area contributed by atoms with Gasteiger partial charge >= 0.3 is 0 Å². The van der Waals surface area contributed by atoms with Crippen LogP contribution in [0.2, 0.25) is 0 Å². The van der Waals surface area contributed by atoms with Crippen LogP contribution in [-0.2, 0) is 6.54 Å². The summed E-state index contributed by atoms with van der Waals surface area (Å²) in [6.45, 7) is 0.894. The van der Waals surface area contributed by atoms with E-state index in [-0.39, 0.29) is 0 Å². The predicted octanol–water partition coefficient (Wildman–Crippen LogP) is 1.39. The highest BCUT2D eigenvalue weighted by atomic mass is 14.8. The topological polar surface area (TPSA) is 12.0 Å². The normalized spacial score (nSPS) is 9.09. The first-order valence-corrected chi connectivity index (χ1v) is 3.57. The van der Waals surface area contributed by atoms with E-state index in [0.717, 1.165) is 12.1 Å². The van der Waals surface area contributed by atoms with E-state index < -0.39 is 0 Å². The van der Waals surface area contributed by atoms with E-state index in [1.54, 1.807) is 0 Å². The van der Waals surface area contributed by atoms with Gasteiger partial charge in [-0.1, -0.05) is 18.1 Å². The third kappa shape index (κ3) is 2.10. The van der Waals surface area contributed by atoms with Gasteiger partial charge in [0.1, 0.15) is 0 Å². The van der Waals surface area contributed by atoms with Crippen LogP contribution in [0.5, 0.6) is 0 Å². The molecule has 0 bridgehead atoms. The van der Waals surface area contributed by atoms with E-state index in [1.165, 1.54) is 5.56 Å². The summed E-state index contributed by atoms with van der Waals surface area (Å²) in [7, 11) is 1.93. The van der Waals surface area contributed by atoms with Crippen molar-refractivity contribution in [3.63, 3.8) is 0 Å². The summed E-state index contributed by atoms with van der Waals surface area (Å²) in [6, 6.07) is 7.97. The summed E-state index contributed by atoms with van der Waals surface area (Å²) in [6.07, 6.45) is 5.21. The second-order valence-corrected chi connectivity index (χ2v) is 2.37. The fourth-order valence-electron chi connectivity index (χ4n) is 0.923. The molecule has 1 aromatic carbocycles. The summed E-state index contributed by atoms with van der Waals surface area (Å²) >= 11 is 0. The van der Waals surface area contributed by atoms with Gasteiger partial charge in [-0.2, -0.15) is 0 Å². The molecule has 0 heterocycles. The molecule has 0 unspecified atom stereocenters. The van der Waals surface area contributed by atoms with Gasteiger partial charge in [-0.15, -0.1) is 6.42 Å². The highest BCUT2D eigenvalue weighted by Gasteiger charge is 1.89. The predicted molar refractivity (Wildman–Crippen MR) is 47.1 cm³/mol. The van der Waals surface area contributed by atoms with Crippen LogP contribution < -0.4 is 5.32 Å². The molecule has 0 radical (unpaired) electrons. The lowest BCUT2D eigenvalue weighted by molar-refractivity contribution is 0.818. The number of hydrogen-bond acceptors (Lipinski definition) is 1. The number of terminal acetylenes is 1. The molecule has 0 aromatic heterocycles. The molecule has 1 heteroatoms. The molecule has 0 aliphatic rings. The number of rotatable bonds is 2. The smallest absolute Gasteiger partial charge is 0.0242 e. The molecular weight excluding hydrogens is 134 g/mol. The third-order valence-electron chi connectivity index (χ3n) is 1.50. The van der Waals surface area contributed by atoms with Gasteiger partial charge in [-0.3, -0.25) is 0 Å². The van der Waals surface area contributed by atoms with E-state index in [0.29, 0.717) is 0 Å². The van der Waals surface area contributed by atoms with Crippen LogP contribution in [-0.4, -0.2) is 7.05 Å². The van der Waals surface area contributed by atoms with Crippen molar-refractivity contribution in [2.45, 2.75) is 6.54 Å². The van der Waals surface area contributed by atoms with Crippen LogP contribution >= 0.6 is 0 Å². The Labute approximate surface area is 67.4 Å². The molecule has 56 valence electrons. The maximum Gasteiger partial charge on any atom is 0.0242 e. The minimum atomic E-state index is 0.894. The maximum absolute atomic E-state index is 5.21. The van der Waals surface area contributed by atoms with Crippen LogP contribution in [0.15, 0.2) is 24.3 Å². The number of hydrogen-bond donors (Lipinski definition) is 1. The molecule has 0 saturated heterocycles. The van der Waals surface area contributed by atoms with Crippen LogP contribution in [0.3, 0.4) is 0 Å². The lowest BCUT2D eigenvalue weighted by Gasteiger charge is -1.98. The van der Waals surface area contributed by atoms with Gasteiger partial charge in [-0.25, -0.2) is 0 Å². The monoisotopic (exact) mass is 145 g/mol. The van der Waals surface area contributed by atoms with Gasteiger partial charge in [0.15, 0.2) is 0 Å². The molecule has 1 nitrogen and oxygen atoms in total. The van der Waals surface area contributed by atoms with Crippen molar-refractivity contribution in [1.29, 1.82) is 0 Å². The SMILES string of the molecule is C#Cc1ccc(CNC)cc1. The third-order valence-corrected chi connectivity index (χ3v) is 1.50. The summed E-state index contributed by atoms with van der Waals surface area (Å²) in [4.78, 5) is 0. The van der Waals surface area contributed by atoms with Gasteiger partial charge < -0.3 is 5.32 Å². The molecule has 0 saturated carbocycles.